The van der Waals surface area contributed by atoms with E-state index in [0.29, 0.717) is 34.3 Å². The third-order valence-corrected chi connectivity index (χ3v) is 5.33. The Bertz CT molecular complexity index is 1270. The van der Waals surface area contributed by atoms with Gasteiger partial charge in [0.05, 0.1) is 32.7 Å². The van der Waals surface area contributed by atoms with E-state index in [1.807, 2.05) is 0 Å². The summed E-state index contributed by atoms with van der Waals surface area (Å²) in [4.78, 5) is 32.4. The molecule has 2 aromatic heterocycles. The normalized spacial score (nSPS) is 12.6. The first-order valence-electron chi connectivity index (χ1n) is 10.4. The number of carbonyl (C=O) groups is 1. The summed E-state index contributed by atoms with van der Waals surface area (Å²) in [5.41, 5.74) is 2.69. The summed E-state index contributed by atoms with van der Waals surface area (Å²) in [6.07, 6.45) is 5.40. The standard InChI is InChI=1S/C23H25N5O5/c1-13-10-19(28(27-13)23-24-16-7-5-6-15(16)22(30)26-23)25-20(29)9-8-14-11-17(31-2)21(33-4)18(12-14)32-3/h8-12H,5-7H2,1-4H3,(H,25,29)(H,24,26,30). The molecule has 1 amide bonds. The van der Waals surface area contributed by atoms with Crippen molar-refractivity contribution in [1.82, 2.24) is 19.7 Å². The van der Waals surface area contributed by atoms with Crippen molar-refractivity contribution in [2.24, 2.45) is 0 Å². The molecule has 10 nitrogen and oxygen atoms in total. The molecule has 0 bridgehead atoms. The lowest BCUT2D eigenvalue weighted by atomic mass is 10.1. The maximum Gasteiger partial charge on any atom is 0.255 e. The number of amides is 1. The molecule has 172 valence electrons. The Labute approximate surface area is 190 Å². The van der Waals surface area contributed by atoms with Gasteiger partial charge in [-0.25, -0.2) is 4.98 Å². The third kappa shape index (κ3) is 4.45. The van der Waals surface area contributed by atoms with Gasteiger partial charge in [0.15, 0.2) is 11.5 Å². The number of nitrogens with zero attached hydrogens (tertiary/aromatic N) is 3. The maximum absolute atomic E-state index is 12.6. The van der Waals surface area contributed by atoms with Crippen molar-refractivity contribution in [2.75, 3.05) is 26.6 Å². The topological polar surface area (TPSA) is 120 Å². The second-order valence-corrected chi connectivity index (χ2v) is 7.53. The summed E-state index contributed by atoms with van der Waals surface area (Å²) >= 11 is 0. The molecule has 1 aliphatic rings. The quantitative estimate of drug-likeness (QED) is 0.529. The van der Waals surface area contributed by atoms with Crippen molar-refractivity contribution in [3.8, 4) is 23.2 Å². The summed E-state index contributed by atoms with van der Waals surface area (Å²) in [7, 11) is 4.58. The molecule has 0 saturated carbocycles. The van der Waals surface area contributed by atoms with Crippen LogP contribution in [0, 0.1) is 6.92 Å². The van der Waals surface area contributed by atoms with Gasteiger partial charge >= 0.3 is 0 Å². The number of anilines is 1. The Morgan fingerprint density at radius 2 is 1.85 bits per heavy atom. The number of H-pyrrole nitrogens is 1. The number of fused-ring (bicyclic) bond motifs is 1. The van der Waals surface area contributed by atoms with Crippen molar-refractivity contribution >= 4 is 17.8 Å². The van der Waals surface area contributed by atoms with Crippen molar-refractivity contribution in [2.45, 2.75) is 26.2 Å². The van der Waals surface area contributed by atoms with Crippen LogP contribution in [-0.2, 0) is 17.6 Å². The highest BCUT2D eigenvalue weighted by Gasteiger charge is 2.20. The minimum Gasteiger partial charge on any atom is -0.493 e. The number of aromatic amines is 1. The van der Waals surface area contributed by atoms with E-state index in [1.54, 1.807) is 31.2 Å². The van der Waals surface area contributed by atoms with E-state index >= 15 is 0 Å². The van der Waals surface area contributed by atoms with Crippen molar-refractivity contribution in [1.29, 1.82) is 0 Å². The van der Waals surface area contributed by atoms with Gasteiger partial charge in [0, 0.05) is 17.7 Å². The summed E-state index contributed by atoms with van der Waals surface area (Å²) in [5, 5.41) is 7.17. The first kappa shape index (κ1) is 22.1. The predicted molar refractivity (Wildman–Crippen MR) is 123 cm³/mol. The Hall–Kier alpha value is -4.08. The monoisotopic (exact) mass is 451 g/mol. The number of nitrogens with one attached hydrogen (secondary N) is 2. The SMILES string of the molecule is COc1cc(C=CC(=O)Nc2cc(C)nn2-c2nc3c(c(=O)[nH]2)CCC3)cc(OC)c1OC. The number of methoxy groups -OCH3 is 3. The summed E-state index contributed by atoms with van der Waals surface area (Å²) in [5.74, 6) is 1.73. The molecule has 0 aliphatic heterocycles. The largest absolute Gasteiger partial charge is 0.493 e. The zero-order chi connectivity index (χ0) is 23.5. The molecule has 0 spiro atoms. The Balaban J connectivity index is 1.58. The van der Waals surface area contributed by atoms with E-state index in [-0.39, 0.29) is 17.4 Å². The number of aromatic nitrogens is 4. The van der Waals surface area contributed by atoms with Crippen LogP contribution in [-0.4, -0.2) is 47.0 Å². The van der Waals surface area contributed by atoms with E-state index in [0.717, 1.165) is 30.5 Å². The molecule has 4 rings (SSSR count). The summed E-state index contributed by atoms with van der Waals surface area (Å²) in [6, 6.07) is 5.18. The van der Waals surface area contributed by atoms with Gasteiger partial charge in [0.1, 0.15) is 5.82 Å². The molecular weight excluding hydrogens is 426 g/mol. The van der Waals surface area contributed by atoms with Gasteiger partial charge in [-0.05, 0) is 50.0 Å². The second-order valence-electron chi connectivity index (χ2n) is 7.53. The van der Waals surface area contributed by atoms with Gasteiger partial charge in [-0.3, -0.25) is 14.6 Å². The Morgan fingerprint density at radius 1 is 1.12 bits per heavy atom. The van der Waals surface area contributed by atoms with E-state index in [2.05, 4.69) is 20.4 Å². The molecule has 1 aliphatic carbocycles. The van der Waals surface area contributed by atoms with Gasteiger partial charge in [-0.2, -0.15) is 9.78 Å². The fourth-order valence-corrected chi connectivity index (χ4v) is 3.82. The zero-order valence-corrected chi connectivity index (χ0v) is 18.9. The molecule has 0 fully saturated rings. The van der Waals surface area contributed by atoms with Gasteiger partial charge in [0.2, 0.25) is 17.6 Å². The average Bonchev–Trinajstić information content (AvgIpc) is 3.43. The Morgan fingerprint density at radius 3 is 2.52 bits per heavy atom. The molecule has 0 unspecified atom stereocenters. The highest BCUT2D eigenvalue weighted by molar-refractivity contribution is 6.01. The first-order chi connectivity index (χ1) is 15.9. The number of hydrogen-bond acceptors (Lipinski definition) is 7. The summed E-state index contributed by atoms with van der Waals surface area (Å²) in [6.45, 7) is 1.80. The number of benzene rings is 1. The van der Waals surface area contributed by atoms with Crippen molar-refractivity contribution < 1.29 is 19.0 Å². The molecule has 2 heterocycles. The van der Waals surface area contributed by atoms with E-state index < -0.39 is 0 Å². The third-order valence-electron chi connectivity index (χ3n) is 5.33. The fourth-order valence-electron chi connectivity index (χ4n) is 3.82. The minimum absolute atomic E-state index is 0.166. The molecule has 0 saturated heterocycles. The van der Waals surface area contributed by atoms with Gasteiger partial charge in [0.25, 0.3) is 5.56 Å². The fraction of sp³-hybridized carbons (Fsp3) is 0.304. The number of ether oxygens (including phenoxy) is 3. The van der Waals surface area contributed by atoms with Crippen molar-refractivity contribution in [3.05, 3.63) is 57.1 Å². The van der Waals surface area contributed by atoms with E-state index in [9.17, 15) is 9.59 Å². The predicted octanol–water partition coefficient (Wildman–Crippen LogP) is 2.43. The minimum atomic E-state index is -0.381. The van der Waals surface area contributed by atoms with Crippen LogP contribution in [0.3, 0.4) is 0 Å². The van der Waals surface area contributed by atoms with Crippen LogP contribution in [0.25, 0.3) is 12.0 Å². The highest BCUT2D eigenvalue weighted by Crippen LogP contribution is 2.38. The maximum atomic E-state index is 12.6. The Kier molecular flexibility index (Phi) is 6.16. The average molecular weight is 451 g/mol. The molecule has 33 heavy (non-hydrogen) atoms. The van der Waals surface area contributed by atoms with E-state index in [4.69, 9.17) is 14.2 Å². The lowest BCUT2D eigenvalue weighted by Crippen LogP contribution is -2.20. The van der Waals surface area contributed by atoms with Crippen LogP contribution in [0.15, 0.2) is 29.1 Å². The van der Waals surface area contributed by atoms with Gasteiger partial charge in [-0.1, -0.05) is 0 Å². The van der Waals surface area contributed by atoms with Gasteiger partial charge < -0.3 is 19.5 Å². The lowest BCUT2D eigenvalue weighted by Gasteiger charge is -2.12. The van der Waals surface area contributed by atoms with Crippen LogP contribution >= 0.6 is 0 Å². The molecule has 0 atom stereocenters. The first-order valence-corrected chi connectivity index (χ1v) is 10.4. The second kappa shape index (κ2) is 9.19. The molecule has 0 radical (unpaired) electrons. The molecule has 3 aromatic rings. The van der Waals surface area contributed by atoms with Crippen LogP contribution in [0.1, 0.15) is 28.9 Å². The zero-order valence-electron chi connectivity index (χ0n) is 18.9. The van der Waals surface area contributed by atoms with E-state index in [1.165, 1.54) is 32.1 Å². The van der Waals surface area contributed by atoms with Crippen LogP contribution < -0.4 is 25.1 Å². The number of aryl methyl sites for hydroxylation is 2. The summed E-state index contributed by atoms with van der Waals surface area (Å²) < 4.78 is 17.4. The lowest BCUT2D eigenvalue weighted by molar-refractivity contribution is -0.111. The number of hydrogen-bond donors (Lipinski definition) is 2. The number of carbonyl (C=O) groups excluding carboxylic acids is 1. The smallest absolute Gasteiger partial charge is 0.255 e. The van der Waals surface area contributed by atoms with Crippen LogP contribution in [0.5, 0.6) is 17.2 Å². The van der Waals surface area contributed by atoms with Crippen LogP contribution in [0.4, 0.5) is 5.82 Å². The van der Waals surface area contributed by atoms with Gasteiger partial charge in [-0.15, -0.1) is 0 Å². The molecular formula is C23H25N5O5. The highest BCUT2D eigenvalue weighted by atomic mass is 16.5. The van der Waals surface area contributed by atoms with Crippen molar-refractivity contribution in [3.63, 3.8) is 0 Å². The molecule has 2 N–H and O–H groups in total. The van der Waals surface area contributed by atoms with Crippen LogP contribution in [0.2, 0.25) is 0 Å². The molecule has 10 heteroatoms. The molecule has 1 aromatic carbocycles. The number of rotatable bonds is 7.